The summed E-state index contributed by atoms with van der Waals surface area (Å²) in [4.78, 5) is 2.72. The van der Waals surface area contributed by atoms with Gasteiger partial charge >= 0.3 is 0 Å². The maximum atomic E-state index is 3.98. The highest BCUT2D eigenvalue weighted by atomic mass is 32.2. The van der Waals surface area contributed by atoms with Gasteiger partial charge in [0, 0.05) is 23.4 Å². The van der Waals surface area contributed by atoms with Crippen molar-refractivity contribution in [3.63, 3.8) is 0 Å². The van der Waals surface area contributed by atoms with Crippen molar-refractivity contribution in [3.8, 4) is 0 Å². The van der Waals surface area contributed by atoms with Crippen molar-refractivity contribution >= 4 is 23.1 Å². The van der Waals surface area contributed by atoms with Gasteiger partial charge in [0.2, 0.25) is 0 Å². The molecule has 20 heavy (non-hydrogen) atoms. The average Bonchev–Trinajstić information content (AvgIpc) is 3.18. The summed E-state index contributed by atoms with van der Waals surface area (Å²) in [5.41, 5.74) is 1.57. The maximum Gasteiger partial charge on any atom is 0.0649 e. The van der Waals surface area contributed by atoms with E-state index in [1.165, 1.54) is 45.2 Å². The van der Waals surface area contributed by atoms with E-state index in [0.717, 1.165) is 17.3 Å². The number of thioether (sulfide) groups is 1. The average molecular weight is 309 g/mol. The van der Waals surface area contributed by atoms with Crippen molar-refractivity contribution in [1.82, 2.24) is 10.2 Å². The number of nitrogens with one attached hydrogen (secondary N) is 1. The van der Waals surface area contributed by atoms with E-state index < -0.39 is 0 Å². The van der Waals surface area contributed by atoms with Gasteiger partial charge in [-0.05, 0) is 62.2 Å². The van der Waals surface area contributed by atoms with Crippen LogP contribution in [0.25, 0.3) is 0 Å². The van der Waals surface area contributed by atoms with E-state index in [0.29, 0.717) is 6.04 Å². The first-order chi connectivity index (χ1) is 9.79. The summed E-state index contributed by atoms with van der Waals surface area (Å²) in [6.07, 6.45) is 6.88. The van der Waals surface area contributed by atoms with Crippen LogP contribution in [0.5, 0.6) is 0 Å². The number of likely N-dealkylation sites (tertiary alicyclic amines) is 1. The van der Waals surface area contributed by atoms with Gasteiger partial charge in [0.25, 0.3) is 0 Å². The van der Waals surface area contributed by atoms with Gasteiger partial charge in [-0.3, -0.25) is 0 Å². The highest BCUT2D eigenvalue weighted by molar-refractivity contribution is 8.01. The fourth-order valence-corrected chi connectivity index (χ4v) is 6.23. The van der Waals surface area contributed by atoms with E-state index in [9.17, 15) is 0 Å². The van der Waals surface area contributed by atoms with Crippen LogP contribution in [0.2, 0.25) is 0 Å². The first-order valence-electron chi connectivity index (χ1n) is 8.04. The van der Waals surface area contributed by atoms with Crippen molar-refractivity contribution in [2.24, 2.45) is 0 Å². The second-order valence-electron chi connectivity index (χ2n) is 6.59. The molecule has 2 aliphatic heterocycles. The molecule has 0 spiro atoms. The Morgan fingerprint density at radius 1 is 1.20 bits per heavy atom. The fraction of sp³-hybridized carbons (Fsp3) is 0.750. The monoisotopic (exact) mass is 308 g/mol. The van der Waals surface area contributed by atoms with Crippen molar-refractivity contribution in [2.45, 2.75) is 66.6 Å². The van der Waals surface area contributed by atoms with Crippen LogP contribution in [-0.4, -0.2) is 35.3 Å². The zero-order valence-corrected chi connectivity index (χ0v) is 13.8. The van der Waals surface area contributed by atoms with Crippen LogP contribution < -0.4 is 5.32 Å². The van der Waals surface area contributed by atoms with Crippen LogP contribution >= 0.6 is 23.1 Å². The van der Waals surface area contributed by atoms with Crippen LogP contribution in [0.4, 0.5) is 0 Å². The lowest BCUT2D eigenvalue weighted by atomic mass is 9.99. The van der Waals surface area contributed by atoms with Gasteiger partial charge in [-0.15, -0.1) is 23.1 Å². The van der Waals surface area contributed by atoms with Gasteiger partial charge in [-0.25, -0.2) is 0 Å². The number of hydrogen-bond acceptors (Lipinski definition) is 4. The summed E-state index contributed by atoms with van der Waals surface area (Å²) in [6.45, 7) is 5.00. The van der Waals surface area contributed by atoms with Crippen molar-refractivity contribution in [2.75, 3.05) is 13.1 Å². The summed E-state index contributed by atoms with van der Waals surface area (Å²) >= 11 is 3.99. The lowest BCUT2D eigenvalue weighted by Crippen LogP contribution is -2.45. The van der Waals surface area contributed by atoms with Crippen molar-refractivity contribution in [3.05, 3.63) is 17.0 Å². The number of hydrogen-bond donors (Lipinski definition) is 1. The molecule has 2 atom stereocenters. The molecule has 2 nitrogen and oxygen atoms in total. The molecular formula is C16H24N2S2. The standard InChI is InChI=1S/C16H24N2S2/c1-11-10-15(14-6-9-19-16(14)20-11)17-12-4-7-18(8-5-12)13-2-3-13/h6,9,11-13,15,17H,2-5,7-8,10H2,1H3/t11-,15?/m0/s1. The molecule has 0 amide bonds. The summed E-state index contributed by atoms with van der Waals surface area (Å²) in [5.74, 6) is 0. The second kappa shape index (κ2) is 5.64. The Morgan fingerprint density at radius 2 is 2.00 bits per heavy atom. The molecule has 0 radical (unpaired) electrons. The van der Waals surface area contributed by atoms with Gasteiger partial charge in [0.05, 0.1) is 4.21 Å². The molecule has 3 aliphatic rings. The lowest BCUT2D eigenvalue weighted by Gasteiger charge is -2.36. The van der Waals surface area contributed by atoms with Crippen molar-refractivity contribution in [1.29, 1.82) is 0 Å². The number of nitrogens with zero attached hydrogens (tertiary/aromatic N) is 1. The number of rotatable bonds is 3. The molecule has 1 N–H and O–H groups in total. The fourth-order valence-electron chi connectivity index (χ4n) is 3.66. The van der Waals surface area contributed by atoms with E-state index in [1.54, 1.807) is 9.77 Å². The van der Waals surface area contributed by atoms with Crippen LogP contribution in [0, 0.1) is 0 Å². The third-order valence-corrected chi connectivity index (χ3v) is 7.28. The molecule has 1 saturated heterocycles. The van der Waals surface area contributed by atoms with Gasteiger partial charge in [0.15, 0.2) is 0 Å². The predicted molar refractivity (Wildman–Crippen MR) is 87.7 cm³/mol. The van der Waals surface area contributed by atoms with Crippen LogP contribution in [0.3, 0.4) is 0 Å². The summed E-state index contributed by atoms with van der Waals surface area (Å²) < 4.78 is 1.55. The Bertz CT molecular complexity index is 461. The zero-order chi connectivity index (χ0) is 13.5. The molecule has 3 heterocycles. The van der Waals surface area contributed by atoms with Crippen LogP contribution in [-0.2, 0) is 0 Å². The van der Waals surface area contributed by atoms with Gasteiger partial charge < -0.3 is 10.2 Å². The number of piperidine rings is 1. The Labute approximate surface area is 130 Å². The lowest BCUT2D eigenvalue weighted by molar-refractivity contribution is 0.181. The van der Waals surface area contributed by atoms with E-state index in [-0.39, 0.29) is 0 Å². The topological polar surface area (TPSA) is 15.3 Å². The predicted octanol–water partition coefficient (Wildman–Crippen LogP) is 3.89. The minimum absolute atomic E-state index is 0.602. The van der Waals surface area contributed by atoms with Gasteiger partial charge in [-0.2, -0.15) is 0 Å². The number of thiophene rings is 1. The minimum Gasteiger partial charge on any atom is -0.307 e. The maximum absolute atomic E-state index is 3.98. The first kappa shape index (κ1) is 13.6. The molecule has 1 aromatic heterocycles. The molecule has 0 bridgehead atoms. The van der Waals surface area contributed by atoms with Gasteiger partial charge in [-0.1, -0.05) is 6.92 Å². The Kier molecular flexibility index (Phi) is 3.84. The largest absolute Gasteiger partial charge is 0.307 e. The summed E-state index contributed by atoms with van der Waals surface area (Å²) in [6, 6.07) is 4.63. The zero-order valence-electron chi connectivity index (χ0n) is 12.2. The van der Waals surface area contributed by atoms with Gasteiger partial charge in [0.1, 0.15) is 0 Å². The van der Waals surface area contributed by atoms with Crippen molar-refractivity contribution < 1.29 is 0 Å². The first-order valence-corrected chi connectivity index (χ1v) is 9.79. The molecule has 1 aliphatic carbocycles. The van der Waals surface area contributed by atoms with E-state index in [4.69, 9.17) is 0 Å². The van der Waals surface area contributed by atoms with Crippen LogP contribution in [0.1, 0.15) is 50.6 Å². The Balaban J connectivity index is 1.37. The Hall–Kier alpha value is -0.0300. The molecule has 4 heteroatoms. The highest BCUT2D eigenvalue weighted by Crippen LogP contribution is 2.44. The molecule has 1 aromatic rings. The summed E-state index contributed by atoms with van der Waals surface area (Å²) in [5, 5.41) is 7.00. The minimum atomic E-state index is 0.602. The molecule has 110 valence electrons. The molecular weight excluding hydrogens is 284 g/mol. The molecule has 1 saturated carbocycles. The third-order valence-electron chi connectivity index (χ3n) is 4.94. The summed E-state index contributed by atoms with van der Waals surface area (Å²) in [7, 11) is 0. The normalized spacial score (nSPS) is 32.2. The SMILES string of the molecule is C[C@H]1CC(NC2CCN(C3CC3)CC2)c2ccsc2S1. The number of fused-ring (bicyclic) bond motifs is 1. The van der Waals surface area contributed by atoms with E-state index in [1.807, 2.05) is 11.3 Å². The quantitative estimate of drug-likeness (QED) is 0.912. The molecule has 0 aromatic carbocycles. The van der Waals surface area contributed by atoms with Crippen LogP contribution in [0.15, 0.2) is 15.7 Å². The molecule has 2 fully saturated rings. The third kappa shape index (κ3) is 2.80. The Morgan fingerprint density at radius 3 is 2.75 bits per heavy atom. The molecule has 1 unspecified atom stereocenters. The second-order valence-corrected chi connectivity index (χ2v) is 9.21. The van der Waals surface area contributed by atoms with E-state index >= 15 is 0 Å². The molecule has 4 rings (SSSR count). The van der Waals surface area contributed by atoms with E-state index in [2.05, 4.69) is 40.3 Å². The smallest absolute Gasteiger partial charge is 0.0649 e. The highest BCUT2D eigenvalue weighted by Gasteiger charge is 2.33.